The third-order valence-corrected chi connectivity index (χ3v) is 3.14. The summed E-state index contributed by atoms with van der Waals surface area (Å²) in [6.45, 7) is 6.17. The van der Waals surface area contributed by atoms with E-state index in [0.717, 1.165) is 10.7 Å². The van der Waals surface area contributed by atoms with E-state index >= 15 is 0 Å². The molecule has 0 aliphatic rings. The fraction of sp³-hybridized carbons (Fsp3) is 0.417. The summed E-state index contributed by atoms with van der Waals surface area (Å²) in [6, 6.07) is 3.94. The lowest BCUT2D eigenvalue weighted by atomic mass is 9.97. The van der Waals surface area contributed by atoms with E-state index < -0.39 is 0 Å². The first-order chi connectivity index (χ1) is 8.05. The summed E-state index contributed by atoms with van der Waals surface area (Å²) in [5.74, 6) is 2.13. The van der Waals surface area contributed by atoms with Gasteiger partial charge in [0.05, 0.1) is 5.75 Å². The second kappa shape index (κ2) is 4.87. The molecule has 2 rings (SSSR count). The van der Waals surface area contributed by atoms with Crippen molar-refractivity contribution < 1.29 is 4.52 Å². The minimum absolute atomic E-state index is 0.0907. The number of hydrogen-bond donors (Lipinski definition) is 0. The van der Waals surface area contributed by atoms with Gasteiger partial charge in [-0.1, -0.05) is 25.9 Å². The van der Waals surface area contributed by atoms with Gasteiger partial charge in [-0.05, 0) is 12.1 Å². The number of nitrogens with zero attached hydrogens (tertiary/aromatic N) is 3. The molecule has 0 spiro atoms. The van der Waals surface area contributed by atoms with E-state index in [1.165, 1.54) is 0 Å². The normalized spacial score (nSPS) is 11.7. The van der Waals surface area contributed by atoms with Crippen LogP contribution in [0.2, 0.25) is 0 Å². The maximum atomic E-state index is 5.23. The van der Waals surface area contributed by atoms with Crippen molar-refractivity contribution in [2.45, 2.75) is 36.8 Å². The molecule has 0 saturated carbocycles. The highest BCUT2D eigenvalue weighted by Gasteiger charge is 2.21. The Kier molecular flexibility index (Phi) is 3.47. The second-order valence-corrected chi connectivity index (χ2v) is 5.79. The van der Waals surface area contributed by atoms with E-state index in [0.29, 0.717) is 11.6 Å². The Balaban J connectivity index is 1.99. The molecule has 0 bridgehead atoms. The molecule has 17 heavy (non-hydrogen) atoms. The Morgan fingerprint density at radius 3 is 2.53 bits per heavy atom. The van der Waals surface area contributed by atoms with Gasteiger partial charge in [-0.3, -0.25) is 4.98 Å². The molecular weight excluding hydrogens is 234 g/mol. The Hall–Kier alpha value is -1.36. The van der Waals surface area contributed by atoms with Crippen LogP contribution in [-0.4, -0.2) is 15.1 Å². The Bertz CT molecular complexity index is 476. The summed E-state index contributed by atoms with van der Waals surface area (Å²) in [5, 5.41) is 3.98. The van der Waals surface area contributed by atoms with E-state index in [-0.39, 0.29) is 5.41 Å². The highest BCUT2D eigenvalue weighted by molar-refractivity contribution is 7.98. The van der Waals surface area contributed by atoms with Crippen LogP contribution < -0.4 is 0 Å². The third kappa shape index (κ3) is 3.30. The van der Waals surface area contributed by atoms with Crippen LogP contribution in [0.3, 0.4) is 0 Å². The molecule has 0 unspecified atom stereocenters. The van der Waals surface area contributed by atoms with Gasteiger partial charge in [-0.15, -0.1) is 11.8 Å². The lowest BCUT2D eigenvalue weighted by Crippen LogP contribution is -2.11. The molecule has 0 saturated heterocycles. The first kappa shape index (κ1) is 12.1. The molecule has 0 aromatic carbocycles. The third-order valence-electron chi connectivity index (χ3n) is 2.13. The lowest BCUT2D eigenvalue weighted by Gasteiger charge is -2.10. The van der Waals surface area contributed by atoms with Crippen LogP contribution in [0.4, 0.5) is 0 Å². The van der Waals surface area contributed by atoms with E-state index in [4.69, 9.17) is 4.52 Å². The van der Waals surface area contributed by atoms with Gasteiger partial charge in [0.15, 0.2) is 5.82 Å². The molecule has 0 amide bonds. The predicted octanol–water partition coefficient (Wildman–Crippen LogP) is 3.05. The maximum absolute atomic E-state index is 5.23. The molecule has 0 aliphatic heterocycles. The van der Waals surface area contributed by atoms with Crippen LogP contribution >= 0.6 is 11.8 Å². The van der Waals surface area contributed by atoms with E-state index in [1.54, 1.807) is 24.2 Å². The van der Waals surface area contributed by atoms with Crippen molar-refractivity contribution in [3.8, 4) is 0 Å². The Morgan fingerprint density at radius 1 is 1.24 bits per heavy atom. The fourth-order valence-electron chi connectivity index (χ4n) is 1.20. The highest BCUT2D eigenvalue weighted by Crippen LogP contribution is 2.23. The van der Waals surface area contributed by atoms with Crippen molar-refractivity contribution in [2.24, 2.45) is 0 Å². The number of thioether (sulfide) groups is 1. The molecule has 2 aromatic rings. The average Bonchev–Trinajstić information content (AvgIpc) is 2.76. The zero-order chi connectivity index (χ0) is 12.3. The average molecular weight is 249 g/mol. The largest absolute Gasteiger partial charge is 0.339 e. The summed E-state index contributed by atoms with van der Waals surface area (Å²) >= 11 is 1.67. The van der Waals surface area contributed by atoms with Crippen LogP contribution in [0.25, 0.3) is 0 Å². The topological polar surface area (TPSA) is 51.8 Å². The summed E-state index contributed by atoms with van der Waals surface area (Å²) < 4.78 is 5.23. The standard InChI is InChI=1S/C12H15N3OS/c1-12(2,3)11-14-10(15-16-11)8-17-9-4-6-13-7-5-9/h4-7H,8H2,1-3H3. The molecule has 2 heterocycles. The van der Waals surface area contributed by atoms with E-state index in [2.05, 4.69) is 35.9 Å². The van der Waals surface area contributed by atoms with Crippen LogP contribution in [0.15, 0.2) is 33.9 Å². The molecule has 2 aromatic heterocycles. The number of pyridine rings is 1. The monoisotopic (exact) mass is 249 g/mol. The predicted molar refractivity (Wildman–Crippen MR) is 66.8 cm³/mol. The van der Waals surface area contributed by atoms with Gasteiger partial charge in [0, 0.05) is 22.7 Å². The fourth-order valence-corrected chi connectivity index (χ4v) is 1.93. The minimum Gasteiger partial charge on any atom is -0.339 e. The van der Waals surface area contributed by atoms with Gasteiger partial charge in [0.1, 0.15) is 0 Å². The molecular formula is C12H15N3OS. The van der Waals surface area contributed by atoms with E-state index in [1.807, 2.05) is 12.1 Å². The van der Waals surface area contributed by atoms with Gasteiger partial charge < -0.3 is 4.52 Å². The minimum atomic E-state index is -0.0907. The Morgan fingerprint density at radius 2 is 1.94 bits per heavy atom. The first-order valence-electron chi connectivity index (χ1n) is 5.41. The summed E-state index contributed by atoms with van der Waals surface area (Å²) in [6.07, 6.45) is 3.55. The van der Waals surface area contributed by atoms with Gasteiger partial charge in [0.2, 0.25) is 5.89 Å². The summed E-state index contributed by atoms with van der Waals surface area (Å²) in [5.41, 5.74) is -0.0907. The molecule has 0 N–H and O–H groups in total. The van der Waals surface area contributed by atoms with Crippen LogP contribution in [0.5, 0.6) is 0 Å². The smallest absolute Gasteiger partial charge is 0.232 e. The zero-order valence-corrected chi connectivity index (χ0v) is 11.0. The summed E-state index contributed by atoms with van der Waals surface area (Å²) in [7, 11) is 0. The highest BCUT2D eigenvalue weighted by atomic mass is 32.2. The molecule has 4 nitrogen and oxygen atoms in total. The van der Waals surface area contributed by atoms with Crippen molar-refractivity contribution in [2.75, 3.05) is 0 Å². The van der Waals surface area contributed by atoms with Crippen LogP contribution in [0.1, 0.15) is 32.5 Å². The quantitative estimate of drug-likeness (QED) is 0.782. The molecule has 5 heteroatoms. The van der Waals surface area contributed by atoms with Crippen molar-refractivity contribution in [1.29, 1.82) is 0 Å². The molecule has 0 atom stereocenters. The van der Waals surface area contributed by atoms with Crippen molar-refractivity contribution in [3.05, 3.63) is 36.2 Å². The van der Waals surface area contributed by atoms with Gasteiger partial charge in [0.25, 0.3) is 0 Å². The molecule has 0 aliphatic carbocycles. The van der Waals surface area contributed by atoms with Crippen LogP contribution in [-0.2, 0) is 11.2 Å². The molecule has 0 radical (unpaired) electrons. The van der Waals surface area contributed by atoms with E-state index in [9.17, 15) is 0 Å². The maximum Gasteiger partial charge on any atom is 0.232 e. The number of aromatic nitrogens is 3. The van der Waals surface area contributed by atoms with Gasteiger partial charge in [-0.2, -0.15) is 4.98 Å². The van der Waals surface area contributed by atoms with Crippen molar-refractivity contribution >= 4 is 11.8 Å². The van der Waals surface area contributed by atoms with Gasteiger partial charge >= 0.3 is 0 Å². The van der Waals surface area contributed by atoms with Crippen LogP contribution in [0, 0.1) is 0 Å². The molecule has 0 fully saturated rings. The van der Waals surface area contributed by atoms with Crippen molar-refractivity contribution in [1.82, 2.24) is 15.1 Å². The second-order valence-electron chi connectivity index (χ2n) is 4.74. The lowest BCUT2D eigenvalue weighted by molar-refractivity contribution is 0.319. The summed E-state index contributed by atoms with van der Waals surface area (Å²) in [4.78, 5) is 9.51. The molecule has 90 valence electrons. The van der Waals surface area contributed by atoms with Gasteiger partial charge in [-0.25, -0.2) is 0 Å². The Labute approximate surface area is 105 Å². The number of hydrogen-bond acceptors (Lipinski definition) is 5. The zero-order valence-electron chi connectivity index (χ0n) is 10.2. The SMILES string of the molecule is CC(C)(C)c1nc(CSc2ccncc2)no1. The van der Waals surface area contributed by atoms with Crippen molar-refractivity contribution in [3.63, 3.8) is 0 Å². The number of rotatable bonds is 3. The first-order valence-corrected chi connectivity index (χ1v) is 6.40.